The van der Waals surface area contributed by atoms with E-state index >= 15 is 0 Å². The van der Waals surface area contributed by atoms with Crippen LogP contribution in [0.1, 0.15) is 15.4 Å². The van der Waals surface area contributed by atoms with Crippen LogP contribution >= 0.6 is 35.3 Å². The highest BCUT2D eigenvalue weighted by Crippen LogP contribution is 2.32. The number of rotatable bonds is 4. The number of furan rings is 1. The molecule has 0 aliphatic carbocycles. The van der Waals surface area contributed by atoms with E-state index in [1.165, 1.54) is 11.3 Å². The van der Waals surface area contributed by atoms with E-state index in [-0.39, 0.29) is 16.1 Å². The van der Waals surface area contributed by atoms with Crippen molar-refractivity contribution in [3.63, 3.8) is 0 Å². The summed E-state index contributed by atoms with van der Waals surface area (Å²) in [6, 6.07) is 16.8. The second-order valence-corrected chi connectivity index (χ2v) is 8.13. The van der Waals surface area contributed by atoms with Crippen LogP contribution in [0.4, 0.5) is 0 Å². The Balaban J connectivity index is 1.52. The molecule has 1 aliphatic rings. The van der Waals surface area contributed by atoms with Crippen LogP contribution in [-0.4, -0.2) is 21.1 Å². The third kappa shape index (κ3) is 3.73. The number of nitrogens with zero attached hydrogens (tertiary/aromatic N) is 1. The van der Waals surface area contributed by atoms with Crippen molar-refractivity contribution in [1.29, 1.82) is 0 Å². The van der Waals surface area contributed by atoms with Gasteiger partial charge in [0, 0.05) is 11.6 Å². The summed E-state index contributed by atoms with van der Waals surface area (Å²) >= 11 is 7.64. The molecule has 0 unspecified atom stereocenters. The summed E-state index contributed by atoms with van der Waals surface area (Å²) < 4.78 is 6.07. The predicted octanol–water partition coefficient (Wildman–Crippen LogP) is 4.55. The third-order valence-electron chi connectivity index (χ3n) is 3.71. The smallest absolute Gasteiger partial charge is 0.285 e. The van der Waals surface area contributed by atoms with Crippen LogP contribution in [-0.2, 0) is 4.79 Å². The second-order valence-electron chi connectivity index (χ2n) is 5.50. The van der Waals surface area contributed by atoms with E-state index in [1.807, 2.05) is 36.4 Å². The van der Waals surface area contributed by atoms with Gasteiger partial charge in [-0.05, 0) is 35.8 Å². The zero-order valence-corrected chi connectivity index (χ0v) is 16.2. The molecule has 134 valence electrons. The van der Waals surface area contributed by atoms with E-state index < -0.39 is 0 Å². The number of amides is 2. The van der Waals surface area contributed by atoms with Gasteiger partial charge in [0.05, 0.1) is 9.78 Å². The lowest BCUT2D eigenvalue weighted by Gasteiger charge is -2.14. The van der Waals surface area contributed by atoms with Crippen LogP contribution in [0.5, 0.6) is 0 Å². The summed E-state index contributed by atoms with van der Waals surface area (Å²) in [4.78, 5) is 25.7. The van der Waals surface area contributed by atoms with Crippen molar-refractivity contribution < 1.29 is 14.0 Å². The highest BCUT2D eigenvalue weighted by molar-refractivity contribution is 8.26. The molecule has 1 N–H and O–H groups in total. The Labute approximate surface area is 168 Å². The van der Waals surface area contributed by atoms with Gasteiger partial charge in [-0.15, -0.1) is 11.3 Å². The average molecular weight is 413 g/mol. The molecule has 1 aliphatic heterocycles. The molecule has 1 aromatic carbocycles. The van der Waals surface area contributed by atoms with Crippen LogP contribution in [0.15, 0.2) is 69.3 Å². The number of thiocarbonyl (C=S) groups is 1. The molecule has 5 nitrogen and oxygen atoms in total. The first-order valence-electron chi connectivity index (χ1n) is 7.89. The fraction of sp³-hybridized carbons (Fsp3) is 0. The van der Waals surface area contributed by atoms with E-state index in [0.29, 0.717) is 21.3 Å². The van der Waals surface area contributed by atoms with E-state index in [1.54, 1.807) is 29.7 Å². The lowest BCUT2D eigenvalue weighted by Crippen LogP contribution is -2.44. The number of benzene rings is 1. The molecule has 0 radical (unpaired) electrons. The zero-order chi connectivity index (χ0) is 18.8. The Hall–Kier alpha value is -2.68. The molecular weight excluding hydrogens is 400 g/mol. The SMILES string of the molecule is O=C(NN1C(=O)/C(=C\c2ccc(-c3ccccc3)o2)SC1=S)c1cccs1. The number of hydrazine groups is 1. The zero-order valence-electron chi connectivity index (χ0n) is 13.7. The Kier molecular flexibility index (Phi) is 4.93. The van der Waals surface area contributed by atoms with Crippen molar-refractivity contribution in [1.82, 2.24) is 10.4 Å². The topological polar surface area (TPSA) is 62.6 Å². The third-order valence-corrected chi connectivity index (χ3v) is 5.88. The Morgan fingerprint density at radius 1 is 1.11 bits per heavy atom. The number of thioether (sulfide) groups is 1. The maximum Gasteiger partial charge on any atom is 0.285 e. The van der Waals surface area contributed by atoms with Gasteiger partial charge in [0.25, 0.3) is 11.8 Å². The van der Waals surface area contributed by atoms with Crippen molar-refractivity contribution in [2.24, 2.45) is 0 Å². The molecule has 3 heterocycles. The van der Waals surface area contributed by atoms with E-state index in [0.717, 1.165) is 22.3 Å². The summed E-state index contributed by atoms with van der Waals surface area (Å²) in [6.07, 6.45) is 1.63. The standard InChI is InChI=1S/C19H12N2O3S3/c22-17(15-7-4-10-26-15)20-21-18(23)16(27-19(21)25)11-13-8-9-14(24-13)12-5-2-1-3-6-12/h1-11H,(H,20,22)/b16-11+. The van der Waals surface area contributed by atoms with Gasteiger partial charge in [-0.1, -0.05) is 48.2 Å². The minimum Gasteiger partial charge on any atom is -0.457 e. The molecule has 1 saturated heterocycles. The van der Waals surface area contributed by atoms with E-state index in [9.17, 15) is 9.59 Å². The maximum atomic E-state index is 12.6. The monoisotopic (exact) mass is 412 g/mol. The number of hydrogen-bond acceptors (Lipinski definition) is 6. The summed E-state index contributed by atoms with van der Waals surface area (Å²) in [5.74, 6) is 0.502. The van der Waals surface area contributed by atoms with Crippen molar-refractivity contribution in [3.8, 4) is 11.3 Å². The molecule has 2 aromatic heterocycles. The van der Waals surface area contributed by atoms with Crippen LogP contribution in [0.25, 0.3) is 17.4 Å². The maximum absolute atomic E-state index is 12.6. The van der Waals surface area contributed by atoms with Crippen molar-refractivity contribution >= 4 is 57.5 Å². The van der Waals surface area contributed by atoms with Gasteiger partial charge in [-0.25, -0.2) is 0 Å². The van der Waals surface area contributed by atoms with Gasteiger partial charge in [-0.2, -0.15) is 5.01 Å². The van der Waals surface area contributed by atoms with Gasteiger partial charge in [0.2, 0.25) is 0 Å². The molecule has 2 amide bonds. The lowest BCUT2D eigenvalue weighted by molar-refractivity contribution is -0.123. The first kappa shape index (κ1) is 17.7. The van der Waals surface area contributed by atoms with Crippen molar-refractivity contribution in [2.45, 2.75) is 0 Å². The molecular formula is C19H12N2O3S3. The number of carbonyl (C=O) groups is 2. The molecule has 1 fully saturated rings. The second kappa shape index (κ2) is 7.51. The summed E-state index contributed by atoms with van der Waals surface area (Å²) in [7, 11) is 0. The van der Waals surface area contributed by atoms with Crippen LogP contribution in [0.3, 0.4) is 0 Å². The summed E-state index contributed by atoms with van der Waals surface area (Å²) in [5, 5.41) is 2.88. The van der Waals surface area contributed by atoms with E-state index in [2.05, 4.69) is 5.43 Å². The fourth-order valence-electron chi connectivity index (χ4n) is 2.45. The molecule has 0 saturated carbocycles. The highest BCUT2D eigenvalue weighted by atomic mass is 32.2. The van der Waals surface area contributed by atoms with Crippen molar-refractivity contribution in [2.75, 3.05) is 0 Å². The molecule has 8 heteroatoms. The predicted molar refractivity (Wildman–Crippen MR) is 111 cm³/mol. The number of thiophene rings is 1. The largest absolute Gasteiger partial charge is 0.457 e. The van der Waals surface area contributed by atoms with Gasteiger partial charge in [0.1, 0.15) is 11.5 Å². The Morgan fingerprint density at radius 2 is 1.93 bits per heavy atom. The highest BCUT2D eigenvalue weighted by Gasteiger charge is 2.34. The van der Waals surface area contributed by atoms with Crippen LogP contribution < -0.4 is 5.43 Å². The minimum absolute atomic E-state index is 0.269. The normalized spacial score (nSPS) is 15.6. The molecule has 27 heavy (non-hydrogen) atoms. The van der Waals surface area contributed by atoms with Gasteiger partial charge in [-0.3, -0.25) is 15.0 Å². The molecule has 4 rings (SSSR count). The summed E-state index contributed by atoms with van der Waals surface area (Å²) in [5.41, 5.74) is 3.50. The molecule has 0 spiro atoms. The Bertz CT molecular complexity index is 1040. The number of hydrogen-bond donors (Lipinski definition) is 1. The van der Waals surface area contributed by atoms with Gasteiger partial charge < -0.3 is 4.42 Å². The number of carbonyl (C=O) groups excluding carboxylic acids is 2. The summed E-state index contributed by atoms with van der Waals surface area (Å²) in [6.45, 7) is 0. The van der Waals surface area contributed by atoms with Gasteiger partial charge >= 0.3 is 0 Å². The average Bonchev–Trinajstić information content (AvgIpc) is 3.41. The molecule has 0 atom stereocenters. The first-order valence-corrected chi connectivity index (χ1v) is 10.00. The minimum atomic E-state index is -0.382. The van der Waals surface area contributed by atoms with Crippen LogP contribution in [0.2, 0.25) is 0 Å². The fourth-order valence-corrected chi connectivity index (χ4v) is 4.22. The lowest BCUT2D eigenvalue weighted by atomic mass is 10.2. The number of nitrogens with one attached hydrogen (secondary N) is 1. The molecule has 0 bridgehead atoms. The Morgan fingerprint density at radius 3 is 2.67 bits per heavy atom. The van der Waals surface area contributed by atoms with E-state index in [4.69, 9.17) is 16.6 Å². The quantitative estimate of drug-likeness (QED) is 0.503. The molecule has 3 aromatic rings. The first-order chi connectivity index (χ1) is 13.1. The van der Waals surface area contributed by atoms with Crippen LogP contribution in [0, 0.1) is 0 Å². The van der Waals surface area contributed by atoms with Crippen molar-refractivity contribution in [3.05, 3.63) is 75.5 Å². The van der Waals surface area contributed by atoms with Gasteiger partial charge in [0.15, 0.2) is 4.32 Å².